The van der Waals surface area contributed by atoms with Gasteiger partial charge in [-0.25, -0.2) is 9.78 Å². The zero-order valence-electron chi connectivity index (χ0n) is 9.50. The highest BCUT2D eigenvalue weighted by Crippen LogP contribution is 2.22. The van der Waals surface area contributed by atoms with Gasteiger partial charge in [-0.1, -0.05) is 12.1 Å². The molecule has 0 bridgehead atoms. The molecule has 1 atom stereocenters. The summed E-state index contributed by atoms with van der Waals surface area (Å²) >= 11 is 0. The summed E-state index contributed by atoms with van der Waals surface area (Å²) in [5.74, 6) is -0.971. The van der Waals surface area contributed by atoms with Gasteiger partial charge in [0, 0.05) is 18.3 Å². The van der Waals surface area contributed by atoms with Gasteiger partial charge in [0.15, 0.2) is 0 Å². The van der Waals surface area contributed by atoms with E-state index >= 15 is 0 Å². The van der Waals surface area contributed by atoms with Crippen molar-refractivity contribution in [2.45, 2.75) is 12.5 Å². The average molecular weight is 247 g/mol. The van der Waals surface area contributed by atoms with E-state index in [0.29, 0.717) is 11.4 Å². The second-order valence-corrected chi connectivity index (χ2v) is 3.83. The number of nitrogens with one attached hydrogen (secondary N) is 2. The third kappa shape index (κ3) is 2.79. The SMILES string of the molecule is O=C(O)[C@H](Cc1cnc[nH]1)Nc1ccccc1O. The number of nitrogens with zero attached hydrogens (tertiary/aromatic N) is 1. The lowest BCUT2D eigenvalue weighted by atomic mass is 10.1. The molecule has 2 aromatic rings. The molecule has 1 aromatic heterocycles. The van der Waals surface area contributed by atoms with Crippen molar-refractivity contribution < 1.29 is 15.0 Å². The fraction of sp³-hybridized carbons (Fsp3) is 0.167. The van der Waals surface area contributed by atoms with Gasteiger partial charge in [0.2, 0.25) is 0 Å². The van der Waals surface area contributed by atoms with Crippen molar-refractivity contribution in [2.24, 2.45) is 0 Å². The summed E-state index contributed by atoms with van der Waals surface area (Å²) < 4.78 is 0. The number of benzene rings is 1. The second kappa shape index (κ2) is 5.22. The fourth-order valence-corrected chi connectivity index (χ4v) is 1.60. The van der Waals surface area contributed by atoms with E-state index in [4.69, 9.17) is 5.11 Å². The van der Waals surface area contributed by atoms with Crippen molar-refractivity contribution >= 4 is 11.7 Å². The molecular weight excluding hydrogens is 234 g/mol. The maximum absolute atomic E-state index is 11.2. The van der Waals surface area contributed by atoms with Crippen LogP contribution in [0.15, 0.2) is 36.8 Å². The number of hydrogen-bond donors (Lipinski definition) is 4. The molecule has 0 radical (unpaired) electrons. The minimum atomic E-state index is -0.993. The van der Waals surface area contributed by atoms with Crippen LogP contribution in [0.2, 0.25) is 0 Å². The zero-order valence-corrected chi connectivity index (χ0v) is 9.50. The first kappa shape index (κ1) is 12.0. The van der Waals surface area contributed by atoms with E-state index in [1.54, 1.807) is 24.4 Å². The predicted octanol–water partition coefficient (Wildman–Crippen LogP) is 1.22. The molecule has 0 aliphatic rings. The van der Waals surface area contributed by atoms with Gasteiger partial charge in [0.25, 0.3) is 0 Å². The van der Waals surface area contributed by atoms with Crippen molar-refractivity contribution in [2.75, 3.05) is 5.32 Å². The van der Waals surface area contributed by atoms with Crippen LogP contribution in [0.4, 0.5) is 5.69 Å². The summed E-state index contributed by atoms with van der Waals surface area (Å²) in [4.78, 5) is 17.8. The topological polar surface area (TPSA) is 98.2 Å². The minimum absolute atomic E-state index is 0.0216. The van der Waals surface area contributed by atoms with Gasteiger partial charge in [-0.3, -0.25) is 0 Å². The molecule has 2 rings (SSSR count). The van der Waals surface area contributed by atoms with Crippen molar-refractivity contribution in [1.82, 2.24) is 9.97 Å². The Morgan fingerprint density at radius 3 is 2.83 bits per heavy atom. The predicted molar refractivity (Wildman–Crippen MR) is 65.4 cm³/mol. The Labute approximate surface area is 103 Å². The summed E-state index contributed by atoms with van der Waals surface area (Å²) in [6, 6.07) is 5.68. The number of carboxylic acid groups (broad SMARTS) is 1. The van der Waals surface area contributed by atoms with Gasteiger partial charge in [0.05, 0.1) is 12.0 Å². The van der Waals surface area contributed by atoms with Crippen LogP contribution in [0, 0.1) is 0 Å². The summed E-state index contributed by atoms with van der Waals surface area (Å²) in [6.07, 6.45) is 3.32. The van der Waals surface area contributed by atoms with Crippen LogP contribution >= 0.6 is 0 Å². The molecule has 0 fully saturated rings. The summed E-state index contributed by atoms with van der Waals surface area (Å²) in [5.41, 5.74) is 1.11. The van der Waals surface area contributed by atoms with Gasteiger partial charge in [-0.05, 0) is 12.1 Å². The zero-order chi connectivity index (χ0) is 13.0. The largest absolute Gasteiger partial charge is 0.506 e. The van der Waals surface area contributed by atoms with Gasteiger partial charge in [0.1, 0.15) is 11.8 Å². The molecule has 0 aliphatic carbocycles. The Morgan fingerprint density at radius 2 is 2.22 bits per heavy atom. The molecule has 94 valence electrons. The number of para-hydroxylation sites is 2. The standard InChI is InChI=1S/C12H13N3O3/c16-11-4-2-1-3-9(11)15-10(12(17)18)5-8-6-13-7-14-8/h1-4,6-7,10,15-16H,5H2,(H,13,14)(H,17,18)/t10-/m0/s1. The Morgan fingerprint density at radius 1 is 1.44 bits per heavy atom. The molecule has 0 aliphatic heterocycles. The van der Waals surface area contributed by atoms with E-state index < -0.39 is 12.0 Å². The van der Waals surface area contributed by atoms with Crippen LogP contribution in [0.25, 0.3) is 0 Å². The maximum Gasteiger partial charge on any atom is 0.326 e. The first-order chi connectivity index (χ1) is 8.66. The van der Waals surface area contributed by atoms with Gasteiger partial charge >= 0.3 is 5.97 Å². The van der Waals surface area contributed by atoms with E-state index in [2.05, 4.69) is 15.3 Å². The number of carbonyl (C=O) groups is 1. The number of hydrogen-bond acceptors (Lipinski definition) is 4. The third-order valence-corrected chi connectivity index (χ3v) is 2.51. The van der Waals surface area contributed by atoms with E-state index in [9.17, 15) is 9.90 Å². The number of phenolic OH excluding ortho intramolecular Hbond substituents is 1. The van der Waals surface area contributed by atoms with E-state index in [1.807, 2.05) is 0 Å². The highest BCUT2D eigenvalue weighted by Gasteiger charge is 2.19. The number of aromatic nitrogens is 2. The Hall–Kier alpha value is -2.50. The molecule has 18 heavy (non-hydrogen) atoms. The first-order valence-electron chi connectivity index (χ1n) is 5.41. The third-order valence-electron chi connectivity index (χ3n) is 2.51. The van der Waals surface area contributed by atoms with E-state index in [-0.39, 0.29) is 12.2 Å². The van der Waals surface area contributed by atoms with Crippen molar-refractivity contribution in [3.63, 3.8) is 0 Å². The molecule has 0 saturated carbocycles. The molecule has 1 heterocycles. The number of aromatic hydroxyl groups is 1. The molecule has 0 unspecified atom stereocenters. The van der Waals surface area contributed by atoms with Crippen molar-refractivity contribution in [3.8, 4) is 5.75 Å². The van der Waals surface area contributed by atoms with Crippen molar-refractivity contribution in [1.29, 1.82) is 0 Å². The summed E-state index contributed by atoms with van der Waals surface area (Å²) in [5, 5.41) is 21.5. The van der Waals surface area contributed by atoms with Crippen LogP contribution in [-0.2, 0) is 11.2 Å². The highest BCUT2D eigenvalue weighted by molar-refractivity contribution is 5.78. The van der Waals surface area contributed by atoms with Crippen molar-refractivity contribution in [3.05, 3.63) is 42.5 Å². The Bertz CT molecular complexity index is 525. The average Bonchev–Trinajstić information content (AvgIpc) is 2.83. The number of imidazole rings is 1. The van der Waals surface area contributed by atoms with Crippen LogP contribution in [0.3, 0.4) is 0 Å². The Balaban J connectivity index is 2.12. The molecule has 4 N–H and O–H groups in total. The lowest BCUT2D eigenvalue weighted by molar-refractivity contribution is -0.137. The van der Waals surface area contributed by atoms with Crippen LogP contribution in [0.1, 0.15) is 5.69 Å². The smallest absolute Gasteiger partial charge is 0.326 e. The lowest BCUT2D eigenvalue weighted by Gasteiger charge is -2.15. The van der Waals surface area contributed by atoms with E-state index in [0.717, 1.165) is 0 Å². The number of aliphatic carboxylic acids is 1. The number of phenols is 1. The number of aromatic amines is 1. The Kier molecular flexibility index (Phi) is 3.47. The second-order valence-electron chi connectivity index (χ2n) is 3.83. The highest BCUT2D eigenvalue weighted by atomic mass is 16.4. The first-order valence-corrected chi connectivity index (χ1v) is 5.41. The molecule has 0 saturated heterocycles. The number of anilines is 1. The normalized spacial score (nSPS) is 12.0. The number of H-pyrrole nitrogens is 1. The fourth-order valence-electron chi connectivity index (χ4n) is 1.60. The monoisotopic (exact) mass is 247 g/mol. The molecular formula is C12H13N3O3. The van der Waals surface area contributed by atoms with Crippen LogP contribution in [-0.4, -0.2) is 32.2 Å². The maximum atomic E-state index is 11.2. The van der Waals surface area contributed by atoms with Gasteiger partial charge in [-0.15, -0.1) is 0 Å². The lowest BCUT2D eigenvalue weighted by Crippen LogP contribution is -2.31. The molecule has 6 heteroatoms. The molecule has 6 nitrogen and oxygen atoms in total. The van der Waals surface area contributed by atoms with Crippen LogP contribution in [0.5, 0.6) is 5.75 Å². The van der Waals surface area contributed by atoms with Gasteiger partial charge in [-0.2, -0.15) is 0 Å². The molecule has 0 spiro atoms. The number of rotatable bonds is 5. The molecule has 0 amide bonds. The van der Waals surface area contributed by atoms with E-state index in [1.165, 1.54) is 12.4 Å². The minimum Gasteiger partial charge on any atom is -0.506 e. The van der Waals surface area contributed by atoms with Gasteiger partial charge < -0.3 is 20.5 Å². The summed E-state index contributed by atoms with van der Waals surface area (Å²) in [6.45, 7) is 0. The molecule has 1 aromatic carbocycles. The summed E-state index contributed by atoms with van der Waals surface area (Å²) in [7, 11) is 0. The quantitative estimate of drug-likeness (QED) is 0.595. The number of carboxylic acids is 1. The van der Waals surface area contributed by atoms with Crippen LogP contribution < -0.4 is 5.32 Å².